The number of carbonyl (C=O) groups is 3. The molecule has 7 nitrogen and oxygen atoms in total. The summed E-state index contributed by atoms with van der Waals surface area (Å²) in [5.41, 5.74) is 0.985. The Morgan fingerprint density at radius 1 is 1.33 bits per heavy atom. The first kappa shape index (κ1) is 19.2. The highest BCUT2D eigenvalue weighted by atomic mass is 35.5. The van der Waals surface area contributed by atoms with E-state index in [0.717, 1.165) is 4.90 Å². The van der Waals surface area contributed by atoms with Crippen LogP contribution in [0.4, 0.5) is 11.4 Å². The summed E-state index contributed by atoms with van der Waals surface area (Å²) in [4.78, 5) is 42.8. The SMILES string of the molecule is C[C@H](OC(=O)CN1C(=O)CSc2ccccc21)C(=O)Nc1cccnc1Cl. The zero-order valence-electron chi connectivity index (χ0n) is 14.3. The summed E-state index contributed by atoms with van der Waals surface area (Å²) >= 11 is 7.31. The molecule has 0 saturated heterocycles. The summed E-state index contributed by atoms with van der Waals surface area (Å²) in [6.45, 7) is 1.18. The van der Waals surface area contributed by atoms with E-state index in [-0.39, 0.29) is 23.4 Å². The molecule has 1 atom stereocenters. The van der Waals surface area contributed by atoms with Gasteiger partial charge in [0.25, 0.3) is 5.91 Å². The number of halogens is 1. The summed E-state index contributed by atoms with van der Waals surface area (Å²) in [6, 6.07) is 10.5. The van der Waals surface area contributed by atoms with Crippen molar-refractivity contribution in [3.8, 4) is 0 Å². The maximum absolute atomic E-state index is 12.3. The number of rotatable bonds is 5. The maximum Gasteiger partial charge on any atom is 0.326 e. The maximum atomic E-state index is 12.3. The van der Waals surface area contributed by atoms with Crippen LogP contribution in [0.25, 0.3) is 0 Å². The molecular formula is C18H16ClN3O4S. The number of fused-ring (bicyclic) bond motifs is 1. The molecule has 0 bridgehead atoms. The van der Waals surface area contributed by atoms with Crippen molar-refractivity contribution in [2.45, 2.75) is 17.9 Å². The number of hydrogen-bond acceptors (Lipinski definition) is 6. The summed E-state index contributed by atoms with van der Waals surface area (Å²) in [7, 11) is 0. The van der Waals surface area contributed by atoms with Crippen LogP contribution in [0, 0.1) is 0 Å². The Hall–Kier alpha value is -2.58. The minimum atomic E-state index is -1.06. The van der Waals surface area contributed by atoms with Crippen LogP contribution in [0.5, 0.6) is 0 Å². The predicted molar refractivity (Wildman–Crippen MR) is 103 cm³/mol. The van der Waals surface area contributed by atoms with Crippen LogP contribution in [0.1, 0.15) is 6.92 Å². The lowest BCUT2D eigenvalue weighted by Gasteiger charge is -2.28. The van der Waals surface area contributed by atoms with Crippen molar-refractivity contribution < 1.29 is 19.1 Å². The van der Waals surface area contributed by atoms with Crippen molar-refractivity contribution in [2.24, 2.45) is 0 Å². The molecule has 1 aliphatic rings. The van der Waals surface area contributed by atoms with Crippen molar-refractivity contribution in [3.05, 3.63) is 47.7 Å². The number of ether oxygens (including phenoxy) is 1. The standard InChI is InChI=1S/C18H16ClN3O4S/c1-11(18(25)21-12-5-4-8-20-17(12)19)26-16(24)9-22-13-6-2-3-7-14(13)27-10-15(22)23/h2-8,11H,9-10H2,1H3,(H,21,25)/t11-/m0/s1. The highest BCUT2D eigenvalue weighted by Gasteiger charge is 2.28. The summed E-state index contributed by atoms with van der Waals surface area (Å²) in [5.74, 6) is -1.15. The number of benzene rings is 1. The molecule has 1 aromatic heterocycles. The van der Waals surface area contributed by atoms with Crippen LogP contribution in [0.3, 0.4) is 0 Å². The van der Waals surface area contributed by atoms with Gasteiger partial charge in [-0.15, -0.1) is 11.8 Å². The Bertz CT molecular complexity index is 892. The average Bonchev–Trinajstić information content (AvgIpc) is 2.66. The Morgan fingerprint density at radius 2 is 2.11 bits per heavy atom. The first-order valence-electron chi connectivity index (χ1n) is 8.09. The monoisotopic (exact) mass is 405 g/mol. The van der Waals surface area contributed by atoms with E-state index in [0.29, 0.717) is 11.4 Å². The van der Waals surface area contributed by atoms with Gasteiger partial charge in [0.1, 0.15) is 6.54 Å². The Balaban J connectivity index is 1.61. The van der Waals surface area contributed by atoms with Crippen LogP contribution in [0.2, 0.25) is 5.15 Å². The third-order valence-electron chi connectivity index (χ3n) is 3.79. The van der Waals surface area contributed by atoms with Gasteiger partial charge in [0.05, 0.1) is 17.1 Å². The number of para-hydroxylation sites is 1. The fourth-order valence-electron chi connectivity index (χ4n) is 2.46. The van der Waals surface area contributed by atoms with E-state index < -0.39 is 18.0 Å². The number of anilines is 2. The number of hydrogen-bond donors (Lipinski definition) is 1. The van der Waals surface area contributed by atoms with Gasteiger partial charge in [0.15, 0.2) is 11.3 Å². The van der Waals surface area contributed by atoms with E-state index in [1.165, 1.54) is 29.8 Å². The molecule has 1 aliphatic heterocycles. The molecule has 0 unspecified atom stereocenters. The van der Waals surface area contributed by atoms with Gasteiger partial charge in [-0.1, -0.05) is 23.7 Å². The smallest absolute Gasteiger partial charge is 0.326 e. The van der Waals surface area contributed by atoms with Crippen LogP contribution >= 0.6 is 23.4 Å². The Labute approximate surface area is 165 Å². The predicted octanol–water partition coefficient (Wildman–Crippen LogP) is 2.74. The fourth-order valence-corrected chi connectivity index (χ4v) is 3.56. The second kappa shape index (κ2) is 8.41. The van der Waals surface area contributed by atoms with Crippen molar-refractivity contribution in [1.29, 1.82) is 0 Å². The van der Waals surface area contributed by atoms with E-state index in [4.69, 9.17) is 16.3 Å². The highest BCUT2D eigenvalue weighted by molar-refractivity contribution is 8.00. The Morgan fingerprint density at radius 3 is 2.89 bits per heavy atom. The minimum Gasteiger partial charge on any atom is -0.451 e. The molecule has 2 heterocycles. The molecule has 1 aromatic carbocycles. The second-order valence-electron chi connectivity index (χ2n) is 5.70. The first-order valence-corrected chi connectivity index (χ1v) is 9.45. The zero-order valence-corrected chi connectivity index (χ0v) is 15.9. The lowest BCUT2D eigenvalue weighted by atomic mass is 10.2. The van der Waals surface area contributed by atoms with Crippen molar-refractivity contribution >= 4 is 52.5 Å². The number of esters is 1. The molecule has 9 heteroatoms. The molecular weight excluding hydrogens is 390 g/mol. The molecule has 0 saturated carbocycles. The zero-order chi connectivity index (χ0) is 19.4. The van der Waals surface area contributed by atoms with E-state index >= 15 is 0 Å². The lowest BCUT2D eigenvalue weighted by molar-refractivity contribution is -0.152. The van der Waals surface area contributed by atoms with E-state index in [1.54, 1.807) is 24.3 Å². The minimum absolute atomic E-state index is 0.136. The van der Waals surface area contributed by atoms with E-state index in [1.807, 2.05) is 12.1 Å². The molecule has 2 aromatic rings. The molecule has 1 N–H and O–H groups in total. The van der Waals surface area contributed by atoms with Gasteiger partial charge >= 0.3 is 5.97 Å². The topological polar surface area (TPSA) is 88.6 Å². The molecule has 0 radical (unpaired) electrons. The van der Waals surface area contributed by atoms with Crippen LogP contribution < -0.4 is 10.2 Å². The van der Waals surface area contributed by atoms with Gasteiger partial charge in [-0.25, -0.2) is 4.98 Å². The molecule has 0 fully saturated rings. The molecule has 140 valence electrons. The third-order valence-corrected chi connectivity index (χ3v) is 5.14. The summed E-state index contributed by atoms with van der Waals surface area (Å²) in [5, 5.41) is 2.69. The van der Waals surface area contributed by atoms with Crippen molar-refractivity contribution in [1.82, 2.24) is 4.98 Å². The van der Waals surface area contributed by atoms with Crippen molar-refractivity contribution in [3.63, 3.8) is 0 Å². The molecule has 2 amide bonds. The Kier molecular flexibility index (Phi) is 5.98. The summed E-state index contributed by atoms with van der Waals surface area (Å²) < 4.78 is 5.18. The van der Waals surface area contributed by atoms with E-state index in [9.17, 15) is 14.4 Å². The van der Waals surface area contributed by atoms with Crippen LogP contribution in [0.15, 0.2) is 47.5 Å². The molecule has 3 rings (SSSR count). The quantitative estimate of drug-likeness (QED) is 0.607. The fraction of sp³-hybridized carbons (Fsp3) is 0.222. The average molecular weight is 406 g/mol. The van der Waals surface area contributed by atoms with Gasteiger partial charge in [-0.3, -0.25) is 19.3 Å². The van der Waals surface area contributed by atoms with Gasteiger partial charge in [0.2, 0.25) is 5.91 Å². The number of pyridine rings is 1. The van der Waals surface area contributed by atoms with Gasteiger partial charge in [-0.2, -0.15) is 0 Å². The number of amides is 2. The van der Waals surface area contributed by atoms with Gasteiger partial charge in [-0.05, 0) is 31.2 Å². The largest absolute Gasteiger partial charge is 0.451 e. The lowest BCUT2D eigenvalue weighted by Crippen LogP contribution is -2.41. The number of thioether (sulfide) groups is 1. The summed E-state index contributed by atoms with van der Waals surface area (Å²) in [6.07, 6.45) is 0.436. The number of aromatic nitrogens is 1. The number of nitrogens with zero attached hydrogens (tertiary/aromatic N) is 2. The van der Waals surface area contributed by atoms with E-state index in [2.05, 4.69) is 10.3 Å². The van der Waals surface area contributed by atoms with Crippen LogP contribution in [-0.4, -0.2) is 41.2 Å². The second-order valence-corrected chi connectivity index (χ2v) is 7.07. The number of carbonyl (C=O) groups excluding carboxylic acids is 3. The molecule has 0 spiro atoms. The normalized spacial score (nSPS) is 14.3. The van der Waals surface area contributed by atoms with Crippen molar-refractivity contribution in [2.75, 3.05) is 22.5 Å². The van der Waals surface area contributed by atoms with Gasteiger partial charge in [0, 0.05) is 11.1 Å². The first-order chi connectivity index (χ1) is 13.0. The van der Waals surface area contributed by atoms with Gasteiger partial charge < -0.3 is 10.1 Å². The van der Waals surface area contributed by atoms with Crippen LogP contribution in [-0.2, 0) is 19.1 Å². The highest BCUT2D eigenvalue weighted by Crippen LogP contribution is 2.34. The third kappa shape index (κ3) is 4.58. The molecule has 0 aliphatic carbocycles. The number of nitrogens with one attached hydrogen (secondary N) is 1. The molecule has 27 heavy (non-hydrogen) atoms.